The Labute approximate surface area is 319 Å². The molecule has 9 nitrogen and oxygen atoms in total. The van der Waals surface area contributed by atoms with Gasteiger partial charge in [-0.3, -0.25) is 14.2 Å². The summed E-state index contributed by atoms with van der Waals surface area (Å²) in [4.78, 5) is 37.2. The van der Waals surface area contributed by atoms with Gasteiger partial charge in [0.25, 0.3) is 7.82 Å². The molecule has 0 heterocycles. The summed E-state index contributed by atoms with van der Waals surface area (Å²) in [7, 11) is 1.15. The normalized spacial score (nSPS) is 14.0. The van der Waals surface area contributed by atoms with Gasteiger partial charge < -0.3 is 27.9 Å². The SMILES string of the molecule is CCCCCCC/C=C\C/C=C\C/C=C\CCCCCCCCC(=O)OC(COC(=O)CCCCCCCCC)COP(=O)([O-])OCC[N+](C)(C)C. The number of hydrogen-bond acceptors (Lipinski definition) is 8. The Morgan fingerprint density at radius 1 is 0.596 bits per heavy atom. The minimum Gasteiger partial charge on any atom is -0.756 e. The number of esters is 2. The van der Waals surface area contributed by atoms with Gasteiger partial charge in [0.1, 0.15) is 19.8 Å². The standard InChI is InChI=1S/C42H78NO8P/c1-6-8-10-12-14-15-16-17-18-19-20-21-22-23-24-25-26-27-29-31-33-35-42(45)51-40(39-50-52(46,47)49-37-36-43(3,4)5)38-48-41(44)34-32-30-28-13-11-9-7-2/h16-17,19-20,22-23,40H,6-15,18,21,24-39H2,1-5H3/b17-16-,20-19-,23-22-. The molecule has 0 aliphatic carbocycles. The Bertz CT molecular complexity index is 991. The minimum atomic E-state index is -4.62. The number of phosphoric ester groups is 1. The quantitative estimate of drug-likeness (QED) is 0.0203. The fourth-order valence-corrected chi connectivity index (χ4v) is 6.09. The van der Waals surface area contributed by atoms with Gasteiger partial charge in [-0.2, -0.15) is 0 Å². The van der Waals surface area contributed by atoms with Crippen LogP contribution < -0.4 is 4.89 Å². The van der Waals surface area contributed by atoms with Crippen LogP contribution in [0.2, 0.25) is 0 Å². The highest BCUT2D eigenvalue weighted by molar-refractivity contribution is 7.45. The molecule has 0 aliphatic rings. The molecular formula is C42H78NO8P. The lowest BCUT2D eigenvalue weighted by Crippen LogP contribution is -2.37. The van der Waals surface area contributed by atoms with E-state index < -0.39 is 32.5 Å². The molecule has 10 heteroatoms. The van der Waals surface area contributed by atoms with Crippen molar-refractivity contribution < 1.29 is 42.1 Å². The average molecular weight is 756 g/mol. The molecule has 0 aromatic heterocycles. The van der Waals surface area contributed by atoms with Crippen molar-refractivity contribution in [2.24, 2.45) is 0 Å². The van der Waals surface area contributed by atoms with E-state index in [0.29, 0.717) is 17.4 Å². The maximum Gasteiger partial charge on any atom is 0.306 e. The highest BCUT2D eigenvalue weighted by atomic mass is 31.2. The number of unbranched alkanes of at least 4 members (excludes halogenated alkanes) is 17. The van der Waals surface area contributed by atoms with Crippen LogP contribution in [0.25, 0.3) is 0 Å². The van der Waals surface area contributed by atoms with E-state index in [1.165, 1.54) is 57.8 Å². The number of allylic oxidation sites excluding steroid dienone is 6. The molecule has 0 radical (unpaired) electrons. The Hall–Kier alpha value is -1.77. The Morgan fingerprint density at radius 3 is 1.54 bits per heavy atom. The number of likely N-dealkylation sites (N-methyl/N-ethyl adjacent to an activating group) is 1. The summed E-state index contributed by atoms with van der Waals surface area (Å²) in [6, 6.07) is 0. The zero-order valence-corrected chi connectivity index (χ0v) is 34.9. The Morgan fingerprint density at radius 2 is 1.04 bits per heavy atom. The van der Waals surface area contributed by atoms with E-state index in [1.807, 2.05) is 21.1 Å². The van der Waals surface area contributed by atoms with E-state index in [1.54, 1.807) is 0 Å². The van der Waals surface area contributed by atoms with E-state index >= 15 is 0 Å². The lowest BCUT2D eigenvalue weighted by molar-refractivity contribution is -0.870. The first-order valence-corrected chi connectivity index (χ1v) is 22.2. The third-order valence-corrected chi connectivity index (χ3v) is 9.63. The maximum atomic E-state index is 12.6. The molecule has 0 saturated carbocycles. The average Bonchev–Trinajstić information content (AvgIpc) is 3.09. The van der Waals surface area contributed by atoms with Gasteiger partial charge in [0, 0.05) is 12.8 Å². The van der Waals surface area contributed by atoms with E-state index in [0.717, 1.165) is 77.0 Å². The van der Waals surface area contributed by atoms with Crippen molar-refractivity contribution in [3.63, 3.8) is 0 Å². The van der Waals surface area contributed by atoms with Crippen LogP contribution in [0.3, 0.4) is 0 Å². The topological polar surface area (TPSA) is 111 Å². The van der Waals surface area contributed by atoms with Crippen LogP contribution in [0, 0.1) is 0 Å². The molecule has 304 valence electrons. The van der Waals surface area contributed by atoms with Gasteiger partial charge in [-0.1, -0.05) is 140 Å². The number of ether oxygens (including phenoxy) is 2. The first-order chi connectivity index (χ1) is 25.0. The van der Waals surface area contributed by atoms with E-state index in [2.05, 4.69) is 50.3 Å². The van der Waals surface area contributed by atoms with Gasteiger partial charge >= 0.3 is 11.9 Å². The van der Waals surface area contributed by atoms with Gasteiger partial charge in [-0.25, -0.2) is 0 Å². The summed E-state index contributed by atoms with van der Waals surface area (Å²) in [5.41, 5.74) is 0. The number of phosphoric acid groups is 1. The molecule has 2 unspecified atom stereocenters. The van der Waals surface area contributed by atoms with Gasteiger partial charge in [-0.15, -0.1) is 0 Å². The Balaban J connectivity index is 4.30. The van der Waals surface area contributed by atoms with Crippen molar-refractivity contribution in [1.82, 2.24) is 0 Å². The summed E-state index contributed by atoms with van der Waals surface area (Å²) in [6.45, 7) is 4.14. The van der Waals surface area contributed by atoms with Crippen molar-refractivity contribution in [1.29, 1.82) is 0 Å². The van der Waals surface area contributed by atoms with Crippen molar-refractivity contribution in [2.75, 3.05) is 47.5 Å². The van der Waals surface area contributed by atoms with Crippen molar-refractivity contribution in [3.05, 3.63) is 36.5 Å². The van der Waals surface area contributed by atoms with Crippen LogP contribution in [0.15, 0.2) is 36.5 Å². The van der Waals surface area contributed by atoms with Crippen LogP contribution in [0.5, 0.6) is 0 Å². The number of carbonyl (C=O) groups excluding carboxylic acids is 2. The number of carbonyl (C=O) groups is 2. The highest BCUT2D eigenvalue weighted by Gasteiger charge is 2.21. The molecular weight excluding hydrogens is 677 g/mol. The van der Waals surface area contributed by atoms with Crippen molar-refractivity contribution in [2.45, 2.75) is 174 Å². The van der Waals surface area contributed by atoms with Crippen molar-refractivity contribution in [3.8, 4) is 0 Å². The second-order valence-corrected chi connectivity index (χ2v) is 16.4. The molecule has 0 amide bonds. The van der Waals surface area contributed by atoms with E-state index in [4.69, 9.17) is 18.5 Å². The fourth-order valence-electron chi connectivity index (χ4n) is 5.37. The number of quaternary nitrogens is 1. The van der Waals surface area contributed by atoms with Crippen LogP contribution in [-0.4, -0.2) is 70.0 Å². The molecule has 2 atom stereocenters. The summed E-state index contributed by atoms with van der Waals surface area (Å²) in [5.74, 6) is -0.857. The van der Waals surface area contributed by atoms with E-state index in [-0.39, 0.29) is 26.1 Å². The summed E-state index contributed by atoms with van der Waals surface area (Å²) in [5, 5.41) is 0. The molecule has 0 N–H and O–H groups in total. The number of nitrogens with zero attached hydrogens (tertiary/aromatic N) is 1. The number of hydrogen-bond donors (Lipinski definition) is 0. The zero-order chi connectivity index (χ0) is 38.6. The molecule has 0 spiro atoms. The predicted octanol–water partition coefficient (Wildman–Crippen LogP) is 10.7. The molecule has 0 fully saturated rings. The van der Waals surface area contributed by atoms with E-state index in [9.17, 15) is 19.0 Å². The van der Waals surface area contributed by atoms with Crippen LogP contribution in [-0.2, 0) is 32.7 Å². The van der Waals surface area contributed by atoms with Crippen molar-refractivity contribution >= 4 is 19.8 Å². The molecule has 52 heavy (non-hydrogen) atoms. The highest BCUT2D eigenvalue weighted by Crippen LogP contribution is 2.38. The third-order valence-electron chi connectivity index (χ3n) is 8.66. The third kappa shape index (κ3) is 38.0. The lowest BCUT2D eigenvalue weighted by atomic mass is 10.1. The summed E-state index contributed by atoms with van der Waals surface area (Å²) >= 11 is 0. The lowest BCUT2D eigenvalue weighted by Gasteiger charge is -2.28. The molecule has 0 aromatic carbocycles. The summed E-state index contributed by atoms with van der Waals surface area (Å²) in [6.07, 6.45) is 37.6. The first kappa shape index (κ1) is 50.2. The minimum absolute atomic E-state index is 0.0336. The first-order valence-electron chi connectivity index (χ1n) is 20.7. The van der Waals surface area contributed by atoms with Gasteiger partial charge in [0.2, 0.25) is 0 Å². The largest absolute Gasteiger partial charge is 0.756 e. The smallest absolute Gasteiger partial charge is 0.306 e. The second-order valence-electron chi connectivity index (χ2n) is 15.0. The predicted molar refractivity (Wildman–Crippen MR) is 213 cm³/mol. The Kier molecular flexibility index (Phi) is 33.8. The van der Waals surface area contributed by atoms with Gasteiger partial charge in [0.15, 0.2) is 6.10 Å². The molecule has 0 rings (SSSR count). The molecule has 0 saturated heterocycles. The second kappa shape index (κ2) is 35.0. The zero-order valence-electron chi connectivity index (χ0n) is 34.0. The molecule has 0 bridgehead atoms. The monoisotopic (exact) mass is 756 g/mol. The van der Waals surface area contributed by atoms with Crippen LogP contribution >= 0.6 is 7.82 Å². The van der Waals surface area contributed by atoms with Gasteiger partial charge in [0.05, 0.1) is 27.7 Å². The number of rotatable bonds is 37. The van der Waals surface area contributed by atoms with Crippen LogP contribution in [0.1, 0.15) is 168 Å². The maximum absolute atomic E-state index is 12.6. The molecule has 0 aliphatic heterocycles. The fraction of sp³-hybridized carbons (Fsp3) is 0.810. The molecule has 0 aromatic rings. The van der Waals surface area contributed by atoms with Crippen LogP contribution in [0.4, 0.5) is 0 Å². The van der Waals surface area contributed by atoms with Gasteiger partial charge in [-0.05, 0) is 51.4 Å². The summed E-state index contributed by atoms with van der Waals surface area (Å²) < 4.78 is 33.7.